The van der Waals surface area contributed by atoms with Crippen LogP contribution in [0.1, 0.15) is 40.5 Å². The molecule has 6 nitrogen and oxygen atoms in total. The van der Waals surface area contributed by atoms with Crippen molar-refractivity contribution < 1.29 is 14.1 Å². The number of aromatic nitrogens is 2. The topological polar surface area (TPSA) is 68.5 Å². The standard InChI is InChI=1S/C22H22BrN3O3/c1-15-24-21(25-29-15)14-28-20-10-6-17(7-11-20)22(27)26-12-2-3-19(26)13-16-4-8-18(23)9-5-16/h4-11,19H,2-3,12-14H2,1H3/t19-/m1/s1. The van der Waals surface area contributed by atoms with Crippen LogP contribution in [0.5, 0.6) is 5.75 Å². The van der Waals surface area contributed by atoms with Gasteiger partial charge in [-0.15, -0.1) is 0 Å². The SMILES string of the molecule is Cc1nc(COc2ccc(C(=O)N3CCC[C@@H]3Cc3ccc(Br)cc3)cc2)no1. The first kappa shape index (κ1) is 19.6. The molecule has 150 valence electrons. The van der Waals surface area contributed by atoms with E-state index in [1.165, 1.54) is 5.56 Å². The second-order valence-corrected chi connectivity index (χ2v) is 8.08. The second-order valence-electron chi connectivity index (χ2n) is 7.17. The van der Waals surface area contributed by atoms with E-state index in [9.17, 15) is 4.79 Å². The van der Waals surface area contributed by atoms with Gasteiger partial charge < -0.3 is 14.2 Å². The maximum Gasteiger partial charge on any atom is 0.254 e. The van der Waals surface area contributed by atoms with Crippen molar-refractivity contribution in [2.24, 2.45) is 0 Å². The van der Waals surface area contributed by atoms with Crippen molar-refractivity contribution in [1.82, 2.24) is 15.0 Å². The molecule has 0 unspecified atom stereocenters. The van der Waals surface area contributed by atoms with Crippen molar-refractivity contribution in [2.45, 2.75) is 38.8 Å². The Balaban J connectivity index is 1.38. The molecule has 0 aliphatic carbocycles. The van der Waals surface area contributed by atoms with Gasteiger partial charge in [0, 0.05) is 29.5 Å². The summed E-state index contributed by atoms with van der Waals surface area (Å²) < 4.78 is 11.7. The molecule has 1 atom stereocenters. The van der Waals surface area contributed by atoms with Gasteiger partial charge in [-0.05, 0) is 61.2 Å². The van der Waals surface area contributed by atoms with Crippen molar-refractivity contribution in [3.05, 3.63) is 75.8 Å². The van der Waals surface area contributed by atoms with Gasteiger partial charge in [-0.25, -0.2) is 0 Å². The summed E-state index contributed by atoms with van der Waals surface area (Å²) in [5, 5.41) is 3.80. The van der Waals surface area contributed by atoms with Crippen LogP contribution in [0, 0.1) is 6.92 Å². The number of amides is 1. The van der Waals surface area contributed by atoms with Crippen molar-refractivity contribution in [2.75, 3.05) is 6.54 Å². The van der Waals surface area contributed by atoms with Crippen LogP contribution in [0.25, 0.3) is 0 Å². The highest BCUT2D eigenvalue weighted by Gasteiger charge is 2.29. The van der Waals surface area contributed by atoms with Crippen LogP contribution in [0.15, 0.2) is 57.5 Å². The van der Waals surface area contributed by atoms with Gasteiger partial charge in [-0.3, -0.25) is 4.79 Å². The molecule has 2 aromatic carbocycles. The van der Waals surface area contributed by atoms with E-state index in [-0.39, 0.29) is 18.6 Å². The average molecular weight is 456 g/mol. The maximum absolute atomic E-state index is 13.0. The molecule has 4 rings (SSSR count). The van der Waals surface area contributed by atoms with E-state index in [1.54, 1.807) is 19.1 Å². The summed E-state index contributed by atoms with van der Waals surface area (Å²) in [7, 11) is 0. The van der Waals surface area contributed by atoms with Crippen LogP contribution in [0.3, 0.4) is 0 Å². The van der Waals surface area contributed by atoms with E-state index in [4.69, 9.17) is 9.26 Å². The zero-order valence-corrected chi connectivity index (χ0v) is 17.8. The van der Waals surface area contributed by atoms with E-state index in [0.717, 1.165) is 30.3 Å². The number of carbonyl (C=O) groups is 1. The summed E-state index contributed by atoms with van der Waals surface area (Å²) >= 11 is 3.47. The van der Waals surface area contributed by atoms with Crippen LogP contribution in [-0.2, 0) is 13.0 Å². The third kappa shape index (κ3) is 4.85. The van der Waals surface area contributed by atoms with Crippen molar-refractivity contribution >= 4 is 21.8 Å². The van der Waals surface area contributed by atoms with Gasteiger partial charge in [0.1, 0.15) is 5.75 Å². The molecule has 0 N–H and O–H groups in total. The lowest BCUT2D eigenvalue weighted by Gasteiger charge is -2.25. The van der Waals surface area contributed by atoms with Crippen molar-refractivity contribution in [1.29, 1.82) is 0 Å². The number of halogens is 1. The first-order valence-corrected chi connectivity index (χ1v) is 10.5. The first-order chi connectivity index (χ1) is 14.1. The maximum atomic E-state index is 13.0. The fraction of sp³-hybridized carbons (Fsp3) is 0.318. The summed E-state index contributed by atoms with van der Waals surface area (Å²) in [5.41, 5.74) is 1.92. The predicted octanol–water partition coefficient (Wildman–Crippen LogP) is 4.57. The van der Waals surface area contributed by atoms with Gasteiger partial charge in [0.05, 0.1) is 0 Å². The minimum atomic E-state index is 0.0740. The van der Waals surface area contributed by atoms with E-state index in [0.29, 0.717) is 23.0 Å². The number of likely N-dealkylation sites (tertiary alicyclic amines) is 1. The number of carbonyl (C=O) groups excluding carboxylic acids is 1. The number of aryl methyl sites for hydroxylation is 1. The van der Waals surface area contributed by atoms with Gasteiger partial charge >= 0.3 is 0 Å². The zero-order valence-electron chi connectivity index (χ0n) is 16.2. The number of hydrogen-bond acceptors (Lipinski definition) is 5. The van der Waals surface area contributed by atoms with Gasteiger partial charge in [0.15, 0.2) is 6.61 Å². The molecule has 1 aromatic heterocycles. The lowest BCUT2D eigenvalue weighted by Crippen LogP contribution is -2.36. The smallest absolute Gasteiger partial charge is 0.254 e. The van der Waals surface area contributed by atoms with Crippen LogP contribution in [-0.4, -0.2) is 33.5 Å². The Morgan fingerprint density at radius 3 is 2.66 bits per heavy atom. The molecule has 0 saturated carbocycles. The highest BCUT2D eigenvalue weighted by Crippen LogP contribution is 2.25. The summed E-state index contributed by atoms with van der Waals surface area (Å²) in [5.74, 6) is 1.74. The average Bonchev–Trinajstić information content (AvgIpc) is 3.37. The fourth-order valence-electron chi connectivity index (χ4n) is 3.62. The molecule has 0 radical (unpaired) electrons. The highest BCUT2D eigenvalue weighted by atomic mass is 79.9. The number of nitrogens with zero attached hydrogens (tertiary/aromatic N) is 3. The van der Waals surface area contributed by atoms with Gasteiger partial charge in [-0.2, -0.15) is 4.98 Å². The zero-order chi connectivity index (χ0) is 20.2. The Morgan fingerprint density at radius 1 is 1.21 bits per heavy atom. The van der Waals surface area contributed by atoms with Crippen LogP contribution >= 0.6 is 15.9 Å². The normalized spacial score (nSPS) is 16.2. The Labute approximate surface area is 178 Å². The third-order valence-electron chi connectivity index (χ3n) is 5.06. The molecule has 0 bridgehead atoms. The molecule has 1 saturated heterocycles. The largest absolute Gasteiger partial charge is 0.485 e. The monoisotopic (exact) mass is 455 g/mol. The predicted molar refractivity (Wildman–Crippen MR) is 112 cm³/mol. The minimum Gasteiger partial charge on any atom is -0.485 e. The molecule has 3 aromatic rings. The first-order valence-electron chi connectivity index (χ1n) is 9.66. The molecule has 29 heavy (non-hydrogen) atoms. The summed E-state index contributed by atoms with van der Waals surface area (Å²) in [6.45, 7) is 2.76. The molecule has 1 fully saturated rings. The van der Waals surface area contributed by atoms with Crippen LogP contribution in [0.2, 0.25) is 0 Å². The fourth-order valence-corrected chi connectivity index (χ4v) is 3.88. The number of hydrogen-bond donors (Lipinski definition) is 0. The van der Waals surface area contributed by atoms with Crippen molar-refractivity contribution in [3.8, 4) is 5.75 Å². The van der Waals surface area contributed by atoms with E-state index in [2.05, 4.69) is 38.2 Å². The van der Waals surface area contributed by atoms with Crippen LogP contribution in [0.4, 0.5) is 0 Å². The summed E-state index contributed by atoms with van der Waals surface area (Å²) in [4.78, 5) is 19.1. The second kappa shape index (κ2) is 8.78. The lowest BCUT2D eigenvalue weighted by atomic mass is 10.0. The summed E-state index contributed by atoms with van der Waals surface area (Å²) in [6, 6.07) is 15.8. The molecule has 1 aliphatic rings. The minimum absolute atomic E-state index is 0.0740. The van der Waals surface area contributed by atoms with Gasteiger partial charge in [-0.1, -0.05) is 33.2 Å². The molecule has 1 amide bonds. The molecule has 7 heteroatoms. The molecule has 2 heterocycles. The highest BCUT2D eigenvalue weighted by molar-refractivity contribution is 9.10. The Hall–Kier alpha value is -2.67. The quantitative estimate of drug-likeness (QED) is 0.544. The lowest BCUT2D eigenvalue weighted by molar-refractivity contribution is 0.0736. The van der Waals surface area contributed by atoms with E-state index in [1.807, 2.05) is 29.2 Å². The van der Waals surface area contributed by atoms with E-state index < -0.39 is 0 Å². The number of rotatable bonds is 6. The van der Waals surface area contributed by atoms with Crippen LogP contribution < -0.4 is 4.74 Å². The van der Waals surface area contributed by atoms with Gasteiger partial charge in [0.2, 0.25) is 11.7 Å². The number of ether oxygens (including phenoxy) is 1. The van der Waals surface area contributed by atoms with Crippen molar-refractivity contribution in [3.63, 3.8) is 0 Å². The Morgan fingerprint density at radius 2 is 1.97 bits per heavy atom. The molecule has 0 spiro atoms. The third-order valence-corrected chi connectivity index (χ3v) is 5.59. The Bertz CT molecular complexity index is 970. The number of benzene rings is 2. The van der Waals surface area contributed by atoms with E-state index >= 15 is 0 Å². The molecular formula is C22H22BrN3O3. The molecular weight excluding hydrogens is 434 g/mol. The molecule has 1 aliphatic heterocycles. The summed E-state index contributed by atoms with van der Waals surface area (Å²) in [6.07, 6.45) is 2.95. The Kier molecular flexibility index (Phi) is 5.94. The van der Waals surface area contributed by atoms with Gasteiger partial charge in [0.25, 0.3) is 5.91 Å².